The van der Waals surface area contributed by atoms with E-state index in [2.05, 4.69) is 0 Å². The van der Waals surface area contributed by atoms with E-state index in [1.54, 1.807) is 0 Å². The lowest BCUT2D eigenvalue weighted by molar-refractivity contribution is -0.136. The molecule has 20 heavy (non-hydrogen) atoms. The number of Topliss-reactive ketones (excluding diaryl/α,β-unsaturated/α-hetero) is 1. The third kappa shape index (κ3) is 1.98. The molecular formula is C16H12O3S. The number of aliphatic carboxylic acids is 1. The van der Waals surface area contributed by atoms with Crippen LogP contribution in [0.25, 0.3) is 5.57 Å². The zero-order valence-corrected chi connectivity index (χ0v) is 11.7. The fourth-order valence-electron chi connectivity index (χ4n) is 2.52. The second-order valence-corrected chi connectivity index (χ2v) is 5.73. The highest BCUT2D eigenvalue weighted by Crippen LogP contribution is 2.40. The van der Waals surface area contributed by atoms with Gasteiger partial charge in [0, 0.05) is 21.6 Å². The summed E-state index contributed by atoms with van der Waals surface area (Å²) < 4.78 is 0. The quantitative estimate of drug-likeness (QED) is 0.938. The van der Waals surface area contributed by atoms with E-state index < -0.39 is 5.97 Å². The van der Waals surface area contributed by atoms with Crippen molar-refractivity contribution in [2.45, 2.75) is 13.3 Å². The maximum absolute atomic E-state index is 12.5. The van der Waals surface area contributed by atoms with Crippen LogP contribution in [-0.2, 0) is 4.79 Å². The fraction of sp³-hybridized carbons (Fsp3) is 0.125. The summed E-state index contributed by atoms with van der Waals surface area (Å²) in [7, 11) is 0. The Labute approximate surface area is 120 Å². The van der Waals surface area contributed by atoms with Crippen molar-refractivity contribution < 1.29 is 14.7 Å². The molecule has 3 nitrogen and oxygen atoms in total. The number of thiophene rings is 1. The van der Waals surface area contributed by atoms with Gasteiger partial charge in [-0.05, 0) is 30.0 Å². The normalized spacial score (nSPS) is 13.8. The van der Waals surface area contributed by atoms with Crippen molar-refractivity contribution in [1.29, 1.82) is 0 Å². The van der Waals surface area contributed by atoms with Crippen LogP contribution in [-0.4, -0.2) is 16.9 Å². The van der Waals surface area contributed by atoms with Crippen LogP contribution in [0.3, 0.4) is 0 Å². The second-order valence-electron chi connectivity index (χ2n) is 4.78. The number of aryl methyl sites for hydroxylation is 1. The lowest BCUT2D eigenvalue weighted by Crippen LogP contribution is -2.05. The lowest BCUT2D eigenvalue weighted by Gasteiger charge is -2.04. The van der Waals surface area contributed by atoms with Crippen LogP contribution in [0, 0.1) is 6.92 Å². The number of ketones is 1. The molecule has 0 saturated heterocycles. The predicted octanol–water partition coefficient (Wildman–Crippen LogP) is 3.53. The van der Waals surface area contributed by atoms with Crippen molar-refractivity contribution >= 4 is 28.7 Å². The van der Waals surface area contributed by atoms with Crippen LogP contribution >= 0.6 is 11.3 Å². The minimum atomic E-state index is -0.980. The van der Waals surface area contributed by atoms with Gasteiger partial charge < -0.3 is 5.11 Å². The highest BCUT2D eigenvalue weighted by molar-refractivity contribution is 7.11. The summed E-state index contributed by atoms with van der Waals surface area (Å²) in [6.07, 6.45) is -0.236. The number of fused-ring (bicyclic) bond motifs is 1. The summed E-state index contributed by atoms with van der Waals surface area (Å²) in [4.78, 5) is 24.5. The second kappa shape index (κ2) is 4.72. The van der Waals surface area contributed by atoms with Crippen LogP contribution in [0.5, 0.6) is 0 Å². The molecule has 4 heteroatoms. The molecule has 0 radical (unpaired) electrons. The topological polar surface area (TPSA) is 54.4 Å². The van der Waals surface area contributed by atoms with Crippen LogP contribution in [0.2, 0.25) is 0 Å². The third-order valence-electron chi connectivity index (χ3n) is 3.36. The Hall–Kier alpha value is -2.20. The van der Waals surface area contributed by atoms with Crippen molar-refractivity contribution in [3.05, 3.63) is 62.9 Å². The smallest absolute Gasteiger partial charge is 0.307 e. The molecule has 0 aliphatic heterocycles. The Morgan fingerprint density at radius 1 is 1.25 bits per heavy atom. The van der Waals surface area contributed by atoms with E-state index in [1.807, 2.05) is 42.6 Å². The number of rotatable bonds is 3. The molecular weight excluding hydrogens is 272 g/mol. The van der Waals surface area contributed by atoms with E-state index in [0.29, 0.717) is 11.1 Å². The first-order chi connectivity index (χ1) is 9.58. The number of carbonyl (C=O) groups is 2. The van der Waals surface area contributed by atoms with Gasteiger partial charge >= 0.3 is 5.97 Å². The Balaban J connectivity index is 2.24. The zero-order valence-electron chi connectivity index (χ0n) is 10.8. The molecule has 3 rings (SSSR count). The lowest BCUT2D eigenvalue weighted by atomic mass is 10.0. The van der Waals surface area contributed by atoms with Gasteiger partial charge in [-0.1, -0.05) is 23.8 Å². The average Bonchev–Trinajstić information content (AvgIpc) is 2.98. The molecule has 0 spiro atoms. The molecule has 1 aromatic carbocycles. The molecule has 0 atom stereocenters. The first kappa shape index (κ1) is 12.8. The Bertz CT molecular complexity index is 739. The predicted molar refractivity (Wildman–Crippen MR) is 78.1 cm³/mol. The average molecular weight is 284 g/mol. The first-order valence-corrected chi connectivity index (χ1v) is 7.10. The van der Waals surface area contributed by atoms with Gasteiger partial charge in [0.1, 0.15) is 0 Å². The standard InChI is InChI=1S/C16H12O3S/c1-9-4-5-10-11(7-9)16(19)12(8-14(17)18)15(10)13-3-2-6-20-13/h2-7H,8H2,1H3,(H,17,18). The van der Waals surface area contributed by atoms with Gasteiger partial charge in [-0.2, -0.15) is 0 Å². The van der Waals surface area contributed by atoms with E-state index in [4.69, 9.17) is 5.11 Å². The van der Waals surface area contributed by atoms with Crippen molar-refractivity contribution in [2.24, 2.45) is 0 Å². The molecule has 0 saturated carbocycles. The molecule has 1 aliphatic rings. The highest BCUT2D eigenvalue weighted by Gasteiger charge is 2.31. The first-order valence-electron chi connectivity index (χ1n) is 6.22. The molecule has 1 heterocycles. The maximum atomic E-state index is 12.5. The van der Waals surface area contributed by atoms with Gasteiger partial charge in [0.2, 0.25) is 0 Å². The monoisotopic (exact) mass is 284 g/mol. The summed E-state index contributed by atoms with van der Waals surface area (Å²) in [6, 6.07) is 9.52. The number of benzene rings is 1. The largest absolute Gasteiger partial charge is 0.481 e. The molecule has 0 fully saturated rings. The molecule has 1 N–H and O–H groups in total. The summed E-state index contributed by atoms with van der Waals surface area (Å²) in [6.45, 7) is 1.92. The summed E-state index contributed by atoms with van der Waals surface area (Å²) in [5, 5.41) is 11.0. The molecule has 0 unspecified atom stereocenters. The summed E-state index contributed by atoms with van der Waals surface area (Å²) in [5.41, 5.74) is 3.63. The van der Waals surface area contributed by atoms with Gasteiger partial charge in [-0.15, -0.1) is 11.3 Å². The SMILES string of the molecule is Cc1ccc2c(c1)C(=O)C(CC(=O)O)=C2c1cccs1. The van der Waals surface area contributed by atoms with E-state index in [9.17, 15) is 9.59 Å². The highest BCUT2D eigenvalue weighted by atomic mass is 32.1. The van der Waals surface area contributed by atoms with Crippen LogP contribution < -0.4 is 0 Å². The molecule has 2 aromatic rings. The molecule has 1 aromatic heterocycles. The van der Waals surface area contributed by atoms with E-state index >= 15 is 0 Å². The molecule has 0 amide bonds. The molecule has 100 valence electrons. The number of carboxylic acids is 1. The fourth-order valence-corrected chi connectivity index (χ4v) is 3.34. The number of hydrogen-bond acceptors (Lipinski definition) is 3. The van der Waals surface area contributed by atoms with Crippen molar-refractivity contribution in [3.8, 4) is 0 Å². The Kier molecular flexibility index (Phi) is 3.03. The van der Waals surface area contributed by atoms with Crippen LogP contribution in [0.15, 0.2) is 41.3 Å². The molecule has 1 aliphatic carbocycles. The number of carboxylic acid groups (broad SMARTS) is 1. The number of hydrogen-bond donors (Lipinski definition) is 1. The minimum Gasteiger partial charge on any atom is -0.481 e. The van der Waals surface area contributed by atoms with E-state index in [1.165, 1.54) is 11.3 Å². The van der Waals surface area contributed by atoms with Crippen LogP contribution in [0.1, 0.15) is 32.8 Å². The summed E-state index contributed by atoms with van der Waals surface area (Å²) >= 11 is 1.52. The van der Waals surface area contributed by atoms with Gasteiger partial charge in [-0.25, -0.2) is 0 Å². The molecule has 0 bridgehead atoms. The van der Waals surface area contributed by atoms with Crippen molar-refractivity contribution in [3.63, 3.8) is 0 Å². The Morgan fingerprint density at radius 2 is 2.05 bits per heavy atom. The van der Waals surface area contributed by atoms with Gasteiger partial charge in [-0.3, -0.25) is 9.59 Å². The van der Waals surface area contributed by atoms with Crippen molar-refractivity contribution in [1.82, 2.24) is 0 Å². The van der Waals surface area contributed by atoms with Gasteiger partial charge in [0.15, 0.2) is 5.78 Å². The van der Waals surface area contributed by atoms with Gasteiger partial charge in [0.25, 0.3) is 0 Å². The van der Waals surface area contributed by atoms with Crippen molar-refractivity contribution in [2.75, 3.05) is 0 Å². The van der Waals surface area contributed by atoms with Gasteiger partial charge in [0.05, 0.1) is 6.42 Å². The number of carbonyl (C=O) groups excluding carboxylic acids is 1. The van der Waals surface area contributed by atoms with Crippen LogP contribution in [0.4, 0.5) is 0 Å². The summed E-state index contributed by atoms with van der Waals surface area (Å²) in [5.74, 6) is -1.14. The zero-order chi connectivity index (χ0) is 14.3. The third-order valence-corrected chi connectivity index (χ3v) is 4.25. The van der Waals surface area contributed by atoms with E-state index in [-0.39, 0.29) is 12.2 Å². The maximum Gasteiger partial charge on any atom is 0.307 e. The Morgan fingerprint density at radius 3 is 2.70 bits per heavy atom. The van der Waals surface area contributed by atoms with E-state index in [0.717, 1.165) is 21.6 Å². The minimum absolute atomic E-state index is 0.158.